The van der Waals surface area contributed by atoms with Crippen LogP contribution < -0.4 is 4.74 Å². The Kier molecular flexibility index (Phi) is 4.76. The van der Waals surface area contributed by atoms with Crippen molar-refractivity contribution in [2.24, 2.45) is 0 Å². The van der Waals surface area contributed by atoms with Crippen LogP contribution in [0.25, 0.3) is 11.3 Å². The fourth-order valence-corrected chi connectivity index (χ4v) is 2.15. The van der Waals surface area contributed by atoms with Crippen molar-refractivity contribution in [3.8, 4) is 29.4 Å². The molecule has 0 aliphatic carbocycles. The molecule has 0 aliphatic rings. The summed E-state index contributed by atoms with van der Waals surface area (Å²) in [6.45, 7) is 1.04. The highest BCUT2D eigenvalue weighted by Crippen LogP contribution is 2.37. The summed E-state index contributed by atoms with van der Waals surface area (Å²) >= 11 is 5.82. The van der Waals surface area contributed by atoms with Gasteiger partial charge in [-0.15, -0.1) is 6.42 Å². The highest BCUT2D eigenvalue weighted by atomic mass is 35.5. The van der Waals surface area contributed by atoms with E-state index in [2.05, 4.69) is 15.9 Å². The maximum absolute atomic E-state index is 14.1. The maximum Gasteiger partial charge on any atom is 0.433 e. The Balaban J connectivity index is 2.61. The first-order valence-electron chi connectivity index (χ1n) is 6.20. The summed E-state index contributed by atoms with van der Waals surface area (Å²) in [6.07, 6.45) is 1.11. The summed E-state index contributed by atoms with van der Waals surface area (Å²) in [4.78, 5) is 6.96. The molecule has 0 saturated heterocycles. The molecule has 0 bridgehead atoms. The first-order valence-corrected chi connectivity index (χ1v) is 6.58. The van der Waals surface area contributed by atoms with Gasteiger partial charge in [0.2, 0.25) is 0 Å². The molecule has 0 amide bonds. The minimum atomic E-state index is -4.67. The molecule has 0 unspecified atom stereocenters. The van der Waals surface area contributed by atoms with Gasteiger partial charge in [-0.2, -0.15) is 13.2 Å². The van der Waals surface area contributed by atoms with Crippen molar-refractivity contribution >= 4 is 11.6 Å². The van der Waals surface area contributed by atoms with Crippen molar-refractivity contribution in [1.82, 2.24) is 9.97 Å². The Bertz CT molecular complexity index is 784. The molecule has 120 valence electrons. The van der Waals surface area contributed by atoms with E-state index in [1.165, 1.54) is 0 Å². The summed E-state index contributed by atoms with van der Waals surface area (Å²) in [5, 5.41) is -0.0516. The number of halogens is 5. The Morgan fingerprint density at radius 3 is 2.61 bits per heavy atom. The van der Waals surface area contributed by atoms with Gasteiger partial charge in [0, 0.05) is 11.1 Å². The lowest BCUT2D eigenvalue weighted by molar-refractivity contribution is -0.141. The van der Waals surface area contributed by atoms with Crippen molar-refractivity contribution in [2.75, 3.05) is 6.61 Å². The van der Waals surface area contributed by atoms with E-state index in [0.29, 0.717) is 0 Å². The predicted octanol–water partition coefficient (Wildman–Crippen LogP) is 4.28. The lowest BCUT2D eigenvalue weighted by Crippen LogP contribution is -2.12. The molecule has 0 spiro atoms. The zero-order chi connectivity index (χ0) is 17.2. The van der Waals surface area contributed by atoms with E-state index in [1.807, 2.05) is 0 Å². The number of aromatic nitrogens is 2. The average Bonchev–Trinajstić information content (AvgIpc) is 2.46. The van der Waals surface area contributed by atoms with Crippen LogP contribution in [0.3, 0.4) is 0 Å². The molecule has 1 aromatic carbocycles. The normalized spacial score (nSPS) is 11.2. The fraction of sp³-hybridized carbons (Fsp3) is 0.200. The monoisotopic (exact) mass is 344 g/mol. The number of hydrogen-bond donors (Lipinski definition) is 0. The first-order chi connectivity index (χ1) is 10.8. The minimum Gasteiger partial charge on any atom is -0.479 e. The molecule has 2 aromatic rings. The molecule has 2 rings (SSSR count). The smallest absolute Gasteiger partial charge is 0.433 e. The molecule has 23 heavy (non-hydrogen) atoms. The van der Waals surface area contributed by atoms with E-state index >= 15 is 0 Å². The third kappa shape index (κ3) is 3.54. The zero-order valence-corrected chi connectivity index (χ0v) is 12.5. The van der Waals surface area contributed by atoms with Gasteiger partial charge in [-0.05, 0) is 19.1 Å². The maximum atomic E-state index is 14.1. The summed E-state index contributed by atoms with van der Waals surface area (Å²) in [6, 6.07) is 2.09. The van der Waals surface area contributed by atoms with Gasteiger partial charge >= 0.3 is 6.18 Å². The number of terminal acetylenes is 1. The van der Waals surface area contributed by atoms with E-state index < -0.39 is 17.7 Å². The lowest BCUT2D eigenvalue weighted by atomic mass is 10.0. The molecule has 0 radical (unpaired) electrons. The number of alkyl halides is 3. The van der Waals surface area contributed by atoms with Crippen molar-refractivity contribution in [3.63, 3.8) is 0 Å². The van der Waals surface area contributed by atoms with Crippen molar-refractivity contribution in [3.05, 3.63) is 40.6 Å². The number of ether oxygens (including phenoxy) is 1. The molecule has 8 heteroatoms. The Labute approximate surface area is 134 Å². The van der Waals surface area contributed by atoms with Gasteiger partial charge in [0.15, 0.2) is 5.69 Å². The Hall–Kier alpha value is -2.33. The zero-order valence-electron chi connectivity index (χ0n) is 11.7. The summed E-state index contributed by atoms with van der Waals surface area (Å²) in [5.41, 5.74) is -1.83. The third-order valence-electron chi connectivity index (χ3n) is 2.94. The highest BCUT2D eigenvalue weighted by molar-refractivity contribution is 6.32. The van der Waals surface area contributed by atoms with Crippen molar-refractivity contribution in [1.29, 1.82) is 0 Å². The molecule has 0 atom stereocenters. The molecule has 0 aliphatic heterocycles. The first kappa shape index (κ1) is 17.0. The van der Waals surface area contributed by atoms with E-state index in [-0.39, 0.29) is 34.2 Å². The number of rotatable bonds is 3. The summed E-state index contributed by atoms with van der Waals surface area (Å²) in [7, 11) is 0. The van der Waals surface area contributed by atoms with Crippen LogP contribution in [-0.2, 0) is 6.18 Å². The second-order valence-electron chi connectivity index (χ2n) is 4.45. The number of nitrogens with zero attached hydrogens (tertiary/aromatic N) is 2. The van der Waals surface area contributed by atoms with Gasteiger partial charge in [-0.25, -0.2) is 14.4 Å². The second kappa shape index (κ2) is 6.42. The van der Waals surface area contributed by atoms with Gasteiger partial charge < -0.3 is 4.74 Å². The second-order valence-corrected chi connectivity index (χ2v) is 4.86. The largest absolute Gasteiger partial charge is 0.479 e. The van der Waals surface area contributed by atoms with Crippen LogP contribution in [0.5, 0.6) is 5.75 Å². The molecule has 1 aromatic heterocycles. The van der Waals surface area contributed by atoms with Gasteiger partial charge in [0.25, 0.3) is 0 Å². The molecular weight excluding hydrogens is 336 g/mol. The van der Waals surface area contributed by atoms with E-state index in [0.717, 1.165) is 25.4 Å². The molecule has 1 heterocycles. The standard InChI is InChI=1S/C15H9ClF4N2O/c1-3-4-23-12-5-9(11(17)6-10(12)16)13-8(2)14(15(18,19)20)22-7-21-13/h1,5-7H,4H2,2H3. The van der Waals surface area contributed by atoms with Crippen molar-refractivity contribution in [2.45, 2.75) is 13.1 Å². The van der Waals surface area contributed by atoms with Crippen LogP contribution in [0.1, 0.15) is 11.3 Å². The van der Waals surface area contributed by atoms with Crippen LogP contribution in [0, 0.1) is 25.1 Å². The van der Waals surface area contributed by atoms with Gasteiger partial charge in [-0.3, -0.25) is 0 Å². The summed E-state index contributed by atoms with van der Waals surface area (Å²) < 4.78 is 58.0. The van der Waals surface area contributed by atoms with Crippen LogP contribution in [-0.4, -0.2) is 16.6 Å². The number of hydrogen-bond acceptors (Lipinski definition) is 3. The topological polar surface area (TPSA) is 35.0 Å². The SMILES string of the molecule is C#CCOc1cc(-c2ncnc(C(F)(F)F)c2C)c(F)cc1Cl. The predicted molar refractivity (Wildman–Crippen MR) is 76.5 cm³/mol. The van der Waals surface area contributed by atoms with E-state index in [1.54, 1.807) is 0 Å². The molecule has 0 N–H and O–H groups in total. The highest BCUT2D eigenvalue weighted by Gasteiger charge is 2.35. The molecule has 0 saturated carbocycles. The van der Waals surface area contributed by atoms with Crippen LogP contribution in [0.2, 0.25) is 5.02 Å². The Morgan fingerprint density at radius 2 is 2.00 bits per heavy atom. The quantitative estimate of drug-likeness (QED) is 0.616. The lowest BCUT2D eigenvalue weighted by Gasteiger charge is -2.14. The minimum absolute atomic E-state index is 0.0487. The third-order valence-corrected chi connectivity index (χ3v) is 3.24. The van der Waals surface area contributed by atoms with Crippen LogP contribution in [0.15, 0.2) is 18.5 Å². The molecule has 3 nitrogen and oxygen atoms in total. The van der Waals surface area contributed by atoms with Gasteiger partial charge in [0.05, 0.1) is 10.7 Å². The summed E-state index contributed by atoms with van der Waals surface area (Å²) in [5.74, 6) is 1.42. The van der Waals surface area contributed by atoms with Gasteiger partial charge in [0.1, 0.15) is 24.5 Å². The van der Waals surface area contributed by atoms with Crippen LogP contribution >= 0.6 is 11.6 Å². The van der Waals surface area contributed by atoms with E-state index in [9.17, 15) is 17.6 Å². The van der Waals surface area contributed by atoms with Gasteiger partial charge in [-0.1, -0.05) is 17.5 Å². The Morgan fingerprint density at radius 1 is 1.30 bits per heavy atom. The fourth-order valence-electron chi connectivity index (χ4n) is 1.95. The molecule has 0 fully saturated rings. The average molecular weight is 345 g/mol. The van der Waals surface area contributed by atoms with Crippen LogP contribution in [0.4, 0.5) is 17.6 Å². The molecular formula is C15H9ClF4N2O. The van der Waals surface area contributed by atoms with Crippen molar-refractivity contribution < 1.29 is 22.3 Å². The van der Waals surface area contributed by atoms with E-state index in [4.69, 9.17) is 22.8 Å². The number of benzene rings is 1.